The molecular weight excluding hydrogens is 316 g/mol. The molecule has 0 radical (unpaired) electrons. The lowest BCUT2D eigenvalue weighted by atomic mass is 9.96. The summed E-state index contributed by atoms with van der Waals surface area (Å²) in [5.41, 5.74) is 8.39. The van der Waals surface area contributed by atoms with E-state index in [9.17, 15) is 4.79 Å². The topological polar surface area (TPSA) is 75.3 Å². The predicted molar refractivity (Wildman–Crippen MR) is 93.8 cm³/mol. The van der Waals surface area contributed by atoms with E-state index in [1.807, 2.05) is 36.4 Å². The van der Waals surface area contributed by atoms with E-state index >= 15 is 0 Å². The SMILES string of the molecule is O=C(NCC1COc2ccccc2C1)C1CC(c2ccccn2)NN1. The van der Waals surface area contributed by atoms with Crippen molar-refractivity contribution in [3.8, 4) is 5.75 Å². The number of aromatic nitrogens is 1. The van der Waals surface area contributed by atoms with Gasteiger partial charge in [0.05, 0.1) is 18.3 Å². The molecule has 1 aromatic heterocycles. The number of fused-ring (bicyclic) bond motifs is 1. The molecular formula is C19H22N4O2. The van der Waals surface area contributed by atoms with E-state index < -0.39 is 0 Å². The van der Waals surface area contributed by atoms with E-state index in [1.54, 1.807) is 6.20 Å². The molecule has 6 nitrogen and oxygen atoms in total. The van der Waals surface area contributed by atoms with E-state index in [-0.39, 0.29) is 18.0 Å². The van der Waals surface area contributed by atoms with Crippen LogP contribution in [0.5, 0.6) is 5.75 Å². The van der Waals surface area contributed by atoms with Gasteiger partial charge in [0.15, 0.2) is 0 Å². The summed E-state index contributed by atoms with van der Waals surface area (Å²) < 4.78 is 5.78. The Hall–Kier alpha value is -2.44. The number of hydrazine groups is 1. The number of carbonyl (C=O) groups excluding carboxylic acids is 1. The van der Waals surface area contributed by atoms with Gasteiger partial charge in [0.25, 0.3) is 0 Å². The van der Waals surface area contributed by atoms with Crippen molar-refractivity contribution >= 4 is 5.91 Å². The number of benzene rings is 1. The highest BCUT2D eigenvalue weighted by molar-refractivity contribution is 5.82. The highest BCUT2D eigenvalue weighted by atomic mass is 16.5. The molecule has 2 aliphatic heterocycles. The first-order valence-electron chi connectivity index (χ1n) is 8.70. The fourth-order valence-corrected chi connectivity index (χ4v) is 3.39. The largest absolute Gasteiger partial charge is 0.493 e. The Morgan fingerprint density at radius 3 is 2.96 bits per heavy atom. The smallest absolute Gasteiger partial charge is 0.238 e. The summed E-state index contributed by atoms with van der Waals surface area (Å²) in [7, 11) is 0. The number of para-hydroxylation sites is 1. The molecule has 3 unspecified atom stereocenters. The summed E-state index contributed by atoms with van der Waals surface area (Å²) in [6.45, 7) is 1.27. The molecule has 1 aromatic carbocycles. The summed E-state index contributed by atoms with van der Waals surface area (Å²) in [5, 5.41) is 3.06. The molecule has 0 bridgehead atoms. The Morgan fingerprint density at radius 2 is 2.08 bits per heavy atom. The average Bonchev–Trinajstić information content (AvgIpc) is 3.17. The molecule has 1 saturated heterocycles. The van der Waals surface area contributed by atoms with Crippen molar-refractivity contribution in [1.29, 1.82) is 0 Å². The molecule has 3 atom stereocenters. The quantitative estimate of drug-likeness (QED) is 0.785. The van der Waals surface area contributed by atoms with Gasteiger partial charge in [-0.05, 0) is 36.6 Å². The number of pyridine rings is 1. The second-order valence-electron chi connectivity index (χ2n) is 6.62. The first kappa shape index (κ1) is 16.1. The zero-order valence-electron chi connectivity index (χ0n) is 13.9. The summed E-state index contributed by atoms with van der Waals surface area (Å²) in [4.78, 5) is 16.8. The van der Waals surface area contributed by atoms with Crippen LogP contribution in [0.1, 0.15) is 23.7 Å². The van der Waals surface area contributed by atoms with Crippen LogP contribution in [0.2, 0.25) is 0 Å². The fraction of sp³-hybridized carbons (Fsp3) is 0.368. The van der Waals surface area contributed by atoms with E-state index in [0.717, 1.165) is 17.9 Å². The number of nitrogens with zero attached hydrogens (tertiary/aromatic N) is 1. The Bertz CT molecular complexity index is 737. The molecule has 0 saturated carbocycles. The molecule has 2 aliphatic rings. The lowest BCUT2D eigenvalue weighted by molar-refractivity contribution is -0.123. The van der Waals surface area contributed by atoms with Crippen LogP contribution in [0, 0.1) is 5.92 Å². The maximum atomic E-state index is 12.4. The van der Waals surface area contributed by atoms with Crippen LogP contribution < -0.4 is 20.9 Å². The van der Waals surface area contributed by atoms with Crippen molar-refractivity contribution in [1.82, 2.24) is 21.2 Å². The lowest BCUT2D eigenvalue weighted by Gasteiger charge is -2.25. The van der Waals surface area contributed by atoms with Gasteiger partial charge in [0.1, 0.15) is 11.8 Å². The third-order valence-electron chi connectivity index (χ3n) is 4.79. The Balaban J connectivity index is 1.27. The van der Waals surface area contributed by atoms with Gasteiger partial charge in [-0.3, -0.25) is 9.78 Å². The van der Waals surface area contributed by atoms with Gasteiger partial charge in [0.2, 0.25) is 5.91 Å². The molecule has 0 spiro atoms. The first-order chi connectivity index (χ1) is 12.3. The normalized spacial score (nSPS) is 25.0. The third-order valence-corrected chi connectivity index (χ3v) is 4.79. The van der Waals surface area contributed by atoms with Gasteiger partial charge in [0, 0.05) is 18.7 Å². The van der Waals surface area contributed by atoms with Crippen LogP contribution in [0.4, 0.5) is 0 Å². The van der Waals surface area contributed by atoms with Crippen LogP contribution in [-0.4, -0.2) is 30.1 Å². The number of nitrogens with one attached hydrogen (secondary N) is 3. The van der Waals surface area contributed by atoms with Crippen molar-refractivity contribution < 1.29 is 9.53 Å². The van der Waals surface area contributed by atoms with Crippen LogP contribution >= 0.6 is 0 Å². The Kier molecular flexibility index (Phi) is 4.63. The van der Waals surface area contributed by atoms with Gasteiger partial charge in [-0.1, -0.05) is 24.3 Å². The van der Waals surface area contributed by atoms with Gasteiger partial charge < -0.3 is 10.1 Å². The van der Waals surface area contributed by atoms with E-state index in [4.69, 9.17) is 4.74 Å². The third kappa shape index (κ3) is 3.65. The Labute approximate surface area is 147 Å². The highest BCUT2D eigenvalue weighted by Gasteiger charge is 2.31. The van der Waals surface area contributed by atoms with Crippen LogP contribution in [-0.2, 0) is 11.2 Å². The number of rotatable bonds is 4. The minimum absolute atomic E-state index is 0.0183. The van der Waals surface area contributed by atoms with E-state index in [0.29, 0.717) is 25.5 Å². The zero-order chi connectivity index (χ0) is 17.1. The predicted octanol–water partition coefficient (Wildman–Crippen LogP) is 1.36. The summed E-state index contributed by atoms with van der Waals surface area (Å²) in [6, 6.07) is 13.7. The van der Waals surface area contributed by atoms with Gasteiger partial charge in [-0.25, -0.2) is 10.9 Å². The molecule has 1 amide bonds. The summed E-state index contributed by atoms with van der Waals surface area (Å²) >= 11 is 0. The molecule has 6 heteroatoms. The summed E-state index contributed by atoms with van der Waals surface area (Å²) in [5.74, 6) is 1.29. The number of amides is 1. The molecule has 0 aliphatic carbocycles. The molecule has 4 rings (SSSR count). The van der Waals surface area contributed by atoms with Gasteiger partial charge >= 0.3 is 0 Å². The van der Waals surface area contributed by atoms with Crippen molar-refractivity contribution in [3.05, 3.63) is 59.9 Å². The average molecular weight is 338 g/mol. The monoisotopic (exact) mass is 338 g/mol. The molecule has 3 heterocycles. The molecule has 130 valence electrons. The minimum Gasteiger partial charge on any atom is -0.493 e. The first-order valence-corrected chi connectivity index (χ1v) is 8.70. The standard InChI is InChI=1S/C19H22N4O2/c24-19(17-10-16(22-23-17)15-6-3-4-8-20-15)21-11-13-9-14-5-1-2-7-18(14)25-12-13/h1-8,13,16-17,22-23H,9-12H2,(H,21,24). The second kappa shape index (κ2) is 7.21. The van der Waals surface area contributed by atoms with Crippen molar-refractivity contribution in [2.45, 2.75) is 24.9 Å². The molecule has 25 heavy (non-hydrogen) atoms. The van der Waals surface area contributed by atoms with Crippen LogP contribution in [0.25, 0.3) is 0 Å². The minimum atomic E-state index is -0.246. The molecule has 3 N–H and O–H groups in total. The lowest BCUT2D eigenvalue weighted by Crippen LogP contribution is -2.45. The Morgan fingerprint density at radius 1 is 1.20 bits per heavy atom. The van der Waals surface area contributed by atoms with Crippen molar-refractivity contribution in [3.63, 3.8) is 0 Å². The van der Waals surface area contributed by atoms with E-state index in [2.05, 4.69) is 27.2 Å². The van der Waals surface area contributed by atoms with Crippen LogP contribution in [0.15, 0.2) is 48.7 Å². The van der Waals surface area contributed by atoms with Gasteiger partial charge in [-0.2, -0.15) is 0 Å². The number of carbonyl (C=O) groups is 1. The van der Waals surface area contributed by atoms with Gasteiger partial charge in [-0.15, -0.1) is 0 Å². The fourth-order valence-electron chi connectivity index (χ4n) is 3.39. The van der Waals surface area contributed by atoms with E-state index in [1.165, 1.54) is 5.56 Å². The maximum absolute atomic E-state index is 12.4. The molecule has 1 fully saturated rings. The zero-order valence-corrected chi connectivity index (χ0v) is 13.9. The van der Waals surface area contributed by atoms with Crippen molar-refractivity contribution in [2.24, 2.45) is 5.92 Å². The number of ether oxygens (including phenoxy) is 1. The van der Waals surface area contributed by atoms with Crippen LogP contribution in [0.3, 0.4) is 0 Å². The maximum Gasteiger partial charge on any atom is 0.238 e. The number of hydrogen-bond acceptors (Lipinski definition) is 5. The molecule has 2 aromatic rings. The highest BCUT2D eigenvalue weighted by Crippen LogP contribution is 2.26. The van der Waals surface area contributed by atoms with Crippen molar-refractivity contribution in [2.75, 3.05) is 13.2 Å². The second-order valence-corrected chi connectivity index (χ2v) is 6.62. The summed E-state index contributed by atoms with van der Waals surface area (Å²) in [6.07, 6.45) is 3.39. The number of hydrogen-bond donors (Lipinski definition) is 3.